The Morgan fingerprint density at radius 3 is 2.53 bits per heavy atom. The van der Waals surface area contributed by atoms with Crippen molar-refractivity contribution < 1.29 is 13.2 Å². The number of halogens is 4. The van der Waals surface area contributed by atoms with Crippen molar-refractivity contribution in [3.05, 3.63) is 29.3 Å². The monoisotopic (exact) mass is 238 g/mol. The van der Waals surface area contributed by atoms with E-state index in [2.05, 4.69) is 0 Å². The van der Waals surface area contributed by atoms with E-state index in [9.17, 15) is 13.2 Å². The summed E-state index contributed by atoms with van der Waals surface area (Å²) in [6.07, 6.45) is -3.69. The lowest BCUT2D eigenvalue weighted by molar-refractivity contribution is -0.137. The highest BCUT2D eigenvalue weighted by Gasteiger charge is 2.32. The lowest BCUT2D eigenvalue weighted by atomic mass is 10.1. The van der Waals surface area contributed by atoms with E-state index >= 15 is 0 Å². The topological polar surface area (TPSA) is 29.3 Å². The number of hydrazine groups is 1. The molecular formula is C9H10ClF3N2. The van der Waals surface area contributed by atoms with Gasteiger partial charge in [0.05, 0.1) is 11.3 Å². The van der Waals surface area contributed by atoms with E-state index < -0.39 is 11.7 Å². The summed E-state index contributed by atoms with van der Waals surface area (Å²) >= 11 is 0. The summed E-state index contributed by atoms with van der Waals surface area (Å²) in [6.45, 7) is 0.580. The minimum atomic E-state index is -4.27. The maximum atomic E-state index is 12.3. The first-order valence-electron chi connectivity index (χ1n) is 4.21. The van der Waals surface area contributed by atoms with Crippen molar-refractivity contribution in [2.45, 2.75) is 12.6 Å². The quantitative estimate of drug-likeness (QED) is 0.703. The van der Waals surface area contributed by atoms with Gasteiger partial charge in [0.2, 0.25) is 0 Å². The number of rotatable bonds is 0. The Morgan fingerprint density at radius 2 is 1.93 bits per heavy atom. The largest absolute Gasteiger partial charge is 0.416 e. The average molecular weight is 239 g/mol. The number of nitrogens with two attached hydrogens (primary N) is 1. The molecule has 0 bridgehead atoms. The smallest absolute Gasteiger partial charge is 0.310 e. The number of benzene rings is 1. The summed E-state index contributed by atoms with van der Waals surface area (Å²) in [4.78, 5) is 0. The molecule has 1 heterocycles. The highest BCUT2D eigenvalue weighted by atomic mass is 35.5. The SMILES string of the molecule is Cl.NN1CCc2cc(C(F)(F)F)ccc21. The molecule has 0 unspecified atom stereocenters. The Kier molecular flexibility index (Phi) is 3.16. The van der Waals surface area contributed by atoms with Gasteiger partial charge in [0.25, 0.3) is 0 Å². The Labute approximate surface area is 91.2 Å². The van der Waals surface area contributed by atoms with E-state index in [1.807, 2.05) is 0 Å². The first kappa shape index (κ1) is 12.1. The minimum Gasteiger partial charge on any atom is -0.310 e. The molecule has 0 amide bonds. The molecule has 15 heavy (non-hydrogen) atoms. The van der Waals surface area contributed by atoms with Crippen LogP contribution in [0.4, 0.5) is 18.9 Å². The molecule has 2 N–H and O–H groups in total. The molecule has 0 aromatic heterocycles. The average Bonchev–Trinajstić information content (AvgIpc) is 2.46. The zero-order valence-electron chi connectivity index (χ0n) is 7.71. The van der Waals surface area contributed by atoms with Crippen molar-refractivity contribution in [3.63, 3.8) is 0 Å². The van der Waals surface area contributed by atoms with Crippen LogP contribution in [0.15, 0.2) is 18.2 Å². The molecule has 0 radical (unpaired) electrons. The number of anilines is 1. The van der Waals surface area contributed by atoms with E-state index in [1.165, 1.54) is 17.1 Å². The Hall–Kier alpha value is -0.940. The van der Waals surface area contributed by atoms with Crippen LogP contribution in [0.3, 0.4) is 0 Å². The molecule has 0 saturated heterocycles. The van der Waals surface area contributed by atoms with Crippen LogP contribution in [0.5, 0.6) is 0 Å². The lowest BCUT2D eigenvalue weighted by Crippen LogP contribution is -2.28. The molecule has 2 rings (SSSR count). The first-order chi connectivity index (χ1) is 6.48. The molecule has 6 heteroatoms. The molecule has 2 nitrogen and oxygen atoms in total. The molecule has 84 valence electrons. The van der Waals surface area contributed by atoms with Gasteiger partial charge < -0.3 is 5.01 Å². The van der Waals surface area contributed by atoms with Crippen molar-refractivity contribution >= 4 is 18.1 Å². The summed E-state index contributed by atoms with van der Waals surface area (Å²) in [5.74, 6) is 5.56. The highest BCUT2D eigenvalue weighted by molar-refractivity contribution is 5.85. The fraction of sp³-hybridized carbons (Fsp3) is 0.333. The number of hydrogen-bond acceptors (Lipinski definition) is 2. The molecule has 0 aliphatic carbocycles. The van der Waals surface area contributed by atoms with E-state index in [1.54, 1.807) is 0 Å². The van der Waals surface area contributed by atoms with Gasteiger partial charge in [-0.2, -0.15) is 13.2 Å². The van der Waals surface area contributed by atoms with Crippen LogP contribution in [0.25, 0.3) is 0 Å². The second-order valence-corrected chi connectivity index (χ2v) is 3.28. The van der Waals surface area contributed by atoms with Crippen LogP contribution < -0.4 is 10.9 Å². The van der Waals surface area contributed by atoms with Crippen molar-refractivity contribution in [1.82, 2.24) is 0 Å². The van der Waals surface area contributed by atoms with Gasteiger partial charge in [-0.05, 0) is 30.2 Å². The number of fused-ring (bicyclic) bond motifs is 1. The van der Waals surface area contributed by atoms with Crippen molar-refractivity contribution in [2.24, 2.45) is 5.84 Å². The molecule has 0 atom stereocenters. The number of hydrogen-bond donors (Lipinski definition) is 1. The van der Waals surface area contributed by atoms with E-state index in [0.717, 1.165) is 6.07 Å². The second kappa shape index (κ2) is 3.90. The summed E-state index contributed by atoms with van der Waals surface area (Å²) in [5, 5.41) is 1.47. The Balaban J connectivity index is 0.00000112. The second-order valence-electron chi connectivity index (χ2n) is 3.28. The van der Waals surface area contributed by atoms with Gasteiger partial charge in [-0.15, -0.1) is 12.4 Å². The Morgan fingerprint density at radius 1 is 1.27 bits per heavy atom. The zero-order chi connectivity index (χ0) is 10.3. The number of alkyl halides is 3. The zero-order valence-corrected chi connectivity index (χ0v) is 8.53. The van der Waals surface area contributed by atoms with E-state index in [0.29, 0.717) is 24.2 Å². The van der Waals surface area contributed by atoms with E-state index in [4.69, 9.17) is 5.84 Å². The van der Waals surface area contributed by atoms with Crippen LogP contribution >= 0.6 is 12.4 Å². The predicted molar refractivity (Wildman–Crippen MR) is 53.9 cm³/mol. The standard InChI is InChI=1S/C9H9F3N2.ClH/c10-9(11,12)7-1-2-8-6(5-7)3-4-14(8)13;/h1-2,5H,3-4,13H2;1H. The van der Waals surface area contributed by atoms with Gasteiger partial charge in [-0.3, -0.25) is 0 Å². The first-order valence-corrected chi connectivity index (χ1v) is 4.21. The van der Waals surface area contributed by atoms with Crippen LogP contribution in [-0.4, -0.2) is 6.54 Å². The van der Waals surface area contributed by atoms with Gasteiger partial charge in [0.1, 0.15) is 0 Å². The predicted octanol–water partition coefficient (Wildman–Crippen LogP) is 2.36. The fourth-order valence-electron chi connectivity index (χ4n) is 1.60. The van der Waals surface area contributed by atoms with Gasteiger partial charge in [-0.1, -0.05) is 0 Å². The summed E-state index contributed by atoms with van der Waals surface area (Å²) in [6, 6.07) is 3.65. The molecular weight excluding hydrogens is 229 g/mol. The van der Waals surface area contributed by atoms with Crippen LogP contribution in [0.1, 0.15) is 11.1 Å². The molecule has 0 fully saturated rings. The third-order valence-corrected chi connectivity index (χ3v) is 2.34. The summed E-state index contributed by atoms with van der Waals surface area (Å²) in [7, 11) is 0. The fourth-order valence-corrected chi connectivity index (χ4v) is 1.60. The van der Waals surface area contributed by atoms with Crippen molar-refractivity contribution in [1.29, 1.82) is 0 Å². The third-order valence-electron chi connectivity index (χ3n) is 2.34. The van der Waals surface area contributed by atoms with Crippen LogP contribution in [0.2, 0.25) is 0 Å². The van der Waals surface area contributed by atoms with Crippen molar-refractivity contribution in [2.75, 3.05) is 11.6 Å². The normalized spacial score (nSPS) is 14.8. The highest BCUT2D eigenvalue weighted by Crippen LogP contribution is 2.34. The van der Waals surface area contributed by atoms with E-state index in [-0.39, 0.29) is 12.4 Å². The maximum Gasteiger partial charge on any atom is 0.416 e. The third kappa shape index (κ3) is 2.18. The molecule has 1 aromatic rings. The van der Waals surface area contributed by atoms with Gasteiger partial charge in [0, 0.05) is 6.54 Å². The molecule has 0 spiro atoms. The molecule has 0 saturated carbocycles. The molecule has 1 aliphatic heterocycles. The van der Waals surface area contributed by atoms with Crippen LogP contribution in [0, 0.1) is 0 Å². The lowest BCUT2D eigenvalue weighted by Gasteiger charge is -2.12. The number of nitrogens with zero attached hydrogens (tertiary/aromatic N) is 1. The van der Waals surface area contributed by atoms with Gasteiger partial charge in [-0.25, -0.2) is 5.84 Å². The van der Waals surface area contributed by atoms with Gasteiger partial charge in [0.15, 0.2) is 0 Å². The minimum absolute atomic E-state index is 0. The Bertz CT molecular complexity index is 365. The maximum absolute atomic E-state index is 12.3. The molecule has 1 aliphatic rings. The van der Waals surface area contributed by atoms with Crippen LogP contribution in [-0.2, 0) is 12.6 Å². The molecule has 1 aromatic carbocycles. The summed E-state index contributed by atoms with van der Waals surface area (Å²) < 4.78 is 36.9. The summed E-state index contributed by atoms with van der Waals surface area (Å²) in [5.41, 5.74) is 0.756. The van der Waals surface area contributed by atoms with Crippen molar-refractivity contribution in [3.8, 4) is 0 Å². The van der Waals surface area contributed by atoms with Gasteiger partial charge >= 0.3 is 6.18 Å².